The summed E-state index contributed by atoms with van der Waals surface area (Å²) in [7, 11) is 0. The fraction of sp³-hybridized carbons (Fsp3) is 0.750. The zero-order valence-corrected chi connectivity index (χ0v) is 14.2. The average molecular weight is 293 g/mol. The van der Waals surface area contributed by atoms with E-state index in [1.54, 1.807) is 0 Å². The lowest BCUT2D eigenvalue weighted by Gasteiger charge is -2.00. The summed E-state index contributed by atoms with van der Waals surface area (Å²) in [5.41, 5.74) is 0. The Balaban J connectivity index is 3.18. The molecule has 0 heterocycles. The monoisotopic (exact) mass is 292 g/mol. The summed E-state index contributed by atoms with van der Waals surface area (Å²) in [5.74, 6) is 0.364. The van der Waals surface area contributed by atoms with Gasteiger partial charge in [-0.1, -0.05) is 76.5 Å². The van der Waals surface area contributed by atoms with Gasteiger partial charge in [0.15, 0.2) is 0 Å². The highest BCUT2D eigenvalue weighted by atomic mass is 16.1. The van der Waals surface area contributed by atoms with Crippen molar-refractivity contribution in [3.63, 3.8) is 0 Å². The van der Waals surface area contributed by atoms with Gasteiger partial charge in [0.05, 0.1) is 0 Å². The maximum atomic E-state index is 11.4. The molecule has 0 bridgehead atoms. The lowest BCUT2D eigenvalue weighted by Crippen LogP contribution is -1.95. The smallest absolute Gasteiger partial charge is 0.133 e. The maximum absolute atomic E-state index is 11.4. The van der Waals surface area contributed by atoms with Gasteiger partial charge in [-0.3, -0.25) is 4.79 Å². The predicted octanol–water partition coefficient (Wildman–Crippen LogP) is 6.78. The number of carbonyl (C=O) groups is 1. The van der Waals surface area contributed by atoms with Crippen molar-refractivity contribution in [2.75, 3.05) is 0 Å². The number of Topliss-reactive ketones (excluding diaryl/α,β-unsaturated/α-hetero) is 1. The van der Waals surface area contributed by atoms with E-state index in [2.05, 4.69) is 25.7 Å². The number of carbonyl (C=O) groups excluding carboxylic acids is 1. The Bertz CT molecular complexity index is 265. The maximum Gasteiger partial charge on any atom is 0.133 e. The van der Waals surface area contributed by atoms with E-state index < -0.39 is 0 Å². The molecule has 0 saturated heterocycles. The number of hydrogen-bond donors (Lipinski definition) is 0. The average Bonchev–Trinajstić information content (AvgIpc) is 2.49. The highest BCUT2D eigenvalue weighted by Gasteiger charge is 1.97. The molecule has 0 fully saturated rings. The first-order chi connectivity index (χ1) is 10.3. The molecule has 0 N–H and O–H groups in total. The quantitative estimate of drug-likeness (QED) is 0.226. The summed E-state index contributed by atoms with van der Waals surface area (Å²) < 4.78 is 0. The van der Waals surface area contributed by atoms with Gasteiger partial charge in [-0.2, -0.15) is 0 Å². The lowest BCUT2D eigenvalue weighted by atomic mass is 10.1. The van der Waals surface area contributed by atoms with Crippen molar-refractivity contribution < 1.29 is 4.79 Å². The Morgan fingerprint density at radius 2 is 1.29 bits per heavy atom. The summed E-state index contributed by atoms with van der Waals surface area (Å²) in [6.45, 7) is 5.90. The van der Waals surface area contributed by atoms with Crippen LogP contribution in [-0.2, 0) is 4.79 Å². The number of ketones is 1. The second kappa shape index (κ2) is 17.2. The number of hydrogen-bond acceptors (Lipinski definition) is 1. The van der Waals surface area contributed by atoms with Gasteiger partial charge in [-0.25, -0.2) is 0 Å². The second-order valence-corrected chi connectivity index (χ2v) is 5.99. The molecular weight excluding hydrogens is 256 g/mol. The van der Waals surface area contributed by atoms with Crippen molar-refractivity contribution in [2.24, 2.45) is 0 Å². The van der Waals surface area contributed by atoms with Gasteiger partial charge >= 0.3 is 0 Å². The normalized spacial score (nSPS) is 11.1. The van der Waals surface area contributed by atoms with Crippen LogP contribution < -0.4 is 0 Å². The molecule has 0 aromatic heterocycles. The first kappa shape index (κ1) is 20.1. The van der Waals surface area contributed by atoms with E-state index in [0.29, 0.717) is 18.6 Å². The molecule has 0 aliphatic carbocycles. The largest absolute Gasteiger partial charge is 0.300 e. The van der Waals surface area contributed by atoms with Gasteiger partial charge in [0.2, 0.25) is 0 Å². The molecule has 0 radical (unpaired) electrons. The molecule has 0 aromatic carbocycles. The van der Waals surface area contributed by atoms with E-state index in [-0.39, 0.29) is 0 Å². The zero-order chi connectivity index (χ0) is 15.6. The summed E-state index contributed by atoms with van der Waals surface area (Å²) in [6, 6.07) is 0. The SMILES string of the molecule is C=CCCC(=O)CCC=CCCCCCCCCCCC. The molecular formula is C20H36O. The Kier molecular flexibility index (Phi) is 16.5. The van der Waals surface area contributed by atoms with Crippen molar-refractivity contribution in [3.8, 4) is 0 Å². The molecule has 0 saturated carbocycles. The summed E-state index contributed by atoms with van der Waals surface area (Å²) in [4.78, 5) is 11.4. The topological polar surface area (TPSA) is 17.1 Å². The standard InChI is InChI=1S/C20H36O/c1-3-5-7-8-9-10-11-12-13-14-15-16-17-19-20(21)18-6-4-2/h4,15-16H,2-3,5-14,17-19H2,1H3. The van der Waals surface area contributed by atoms with Crippen LogP contribution in [0, 0.1) is 0 Å². The fourth-order valence-electron chi connectivity index (χ4n) is 2.44. The second-order valence-electron chi connectivity index (χ2n) is 5.99. The van der Waals surface area contributed by atoms with Crippen LogP contribution >= 0.6 is 0 Å². The molecule has 0 aliphatic heterocycles. The molecule has 0 rings (SSSR count). The molecule has 0 amide bonds. The first-order valence-corrected chi connectivity index (χ1v) is 9.08. The van der Waals surface area contributed by atoms with Crippen LogP contribution in [0.3, 0.4) is 0 Å². The minimum Gasteiger partial charge on any atom is -0.300 e. The molecule has 0 unspecified atom stereocenters. The Labute approximate surface area is 132 Å². The third kappa shape index (κ3) is 17.1. The van der Waals surface area contributed by atoms with E-state index in [1.165, 1.54) is 64.2 Å². The van der Waals surface area contributed by atoms with Gasteiger partial charge in [0.25, 0.3) is 0 Å². The van der Waals surface area contributed by atoms with E-state index in [4.69, 9.17) is 0 Å². The molecule has 0 aliphatic rings. The third-order valence-corrected chi connectivity index (χ3v) is 3.86. The van der Waals surface area contributed by atoms with Gasteiger partial charge in [0, 0.05) is 12.8 Å². The van der Waals surface area contributed by atoms with Gasteiger partial charge in [0.1, 0.15) is 5.78 Å². The molecule has 0 atom stereocenters. The van der Waals surface area contributed by atoms with Crippen LogP contribution in [-0.4, -0.2) is 5.78 Å². The van der Waals surface area contributed by atoms with Crippen LogP contribution in [0.1, 0.15) is 96.8 Å². The van der Waals surface area contributed by atoms with Crippen LogP contribution in [0.15, 0.2) is 24.8 Å². The van der Waals surface area contributed by atoms with E-state index in [1.807, 2.05) is 6.08 Å². The molecule has 0 aromatic rings. The summed E-state index contributed by atoms with van der Waals surface area (Å²) in [6.07, 6.45) is 23.0. The molecule has 122 valence electrons. The number of allylic oxidation sites excluding steroid dienone is 3. The first-order valence-electron chi connectivity index (χ1n) is 9.08. The van der Waals surface area contributed by atoms with E-state index >= 15 is 0 Å². The van der Waals surface area contributed by atoms with Crippen LogP contribution in [0.4, 0.5) is 0 Å². The third-order valence-electron chi connectivity index (χ3n) is 3.86. The molecule has 1 nitrogen and oxygen atoms in total. The zero-order valence-electron chi connectivity index (χ0n) is 14.2. The van der Waals surface area contributed by atoms with Crippen molar-refractivity contribution >= 4 is 5.78 Å². The van der Waals surface area contributed by atoms with Gasteiger partial charge in [-0.15, -0.1) is 6.58 Å². The number of unbranched alkanes of at least 4 members (excludes halogenated alkanes) is 9. The van der Waals surface area contributed by atoms with Crippen LogP contribution in [0.25, 0.3) is 0 Å². The minimum absolute atomic E-state index is 0.364. The van der Waals surface area contributed by atoms with E-state index in [0.717, 1.165) is 12.8 Å². The summed E-state index contributed by atoms with van der Waals surface area (Å²) in [5, 5.41) is 0. The fourth-order valence-corrected chi connectivity index (χ4v) is 2.44. The van der Waals surface area contributed by atoms with Crippen molar-refractivity contribution in [1.29, 1.82) is 0 Å². The Morgan fingerprint density at radius 3 is 1.90 bits per heavy atom. The van der Waals surface area contributed by atoms with Crippen LogP contribution in [0.5, 0.6) is 0 Å². The van der Waals surface area contributed by atoms with Crippen molar-refractivity contribution in [2.45, 2.75) is 96.8 Å². The number of rotatable bonds is 16. The van der Waals surface area contributed by atoms with Crippen molar-refractivity contribution in [1.82, 2.24) is 0 Å². The molecule has 1 heteroatoms. The Morgan fingerprint density at radius 1 is 0.762 bits per heavy atom. The molecule has 21 heavy (non-hydrogen) atoms. The van der Waals surface area contributed by atoms with Gasteiger partial charge in [-0.05, 0) is 25.7 Å². The highest BCUT2D eigenvalue weighted by Crippen LogP contribution is 2.10. The molecule has 0 spiro atoms. The van der Waals surface area contributed by atoms with E-state index in [9.17, 15) is 4.79 Å². The highest BCUT2D eigenvalue weighted by molar-refractivity contribution is 5.78. The van der Waals surface area contributed by atoms with Gasteiger partial charge < -0.3 is 0 Å². The van der Waals surface area contributed by atoms with Crippen LogP contribution in [0.2, 0.25) is 0 Å². The summed E-state index contributed by atoms with van der Waals surface area (Å²) >= 11 is 0. The Hall–Kier alpha value is -0.850. The minimum atomic E-state index is 0.364. The lowest BCUT2D eigenvalue weighted by molar-refractivity contribution is -0.118. The predicted molar refractivity (Wildman–Crippen MR) is 94.7 cm³/mol. The van der Waals surface area contributed by atoms with Crippen molar-refractivity contribution in [3.05, 3.63) is 24.8 Å².